The van der Waals surface area contributed by atoms with Gasteiger partial charge in [0.2, 0.25) is 5.91 Å². The number of aryl methyl sites for hydroxylation is 1. The zero-order valence-corrected chi connectivity index (χ0v) is 23.2. The van der Waals surface area contributed by atoms with Gasteiger partial charge in [0.15, 0.2) is 5.78 Å². The standard InChI is InChI=1S/C28H42N2O7.H2O.2H2/c1-28(2,3)24(35)7-6-18-13-21(30(4)5)19-11-16(12-23(34)26(19)27(18)37)10-17(8-9-31)20(15-32)22(33)14-25(29)36;;;/h13,16-17,20,31-32,37H,6-12,14-15H2,1-5H3,(H2,29,36);1H2;2*1H. The van der Waals surface area contributed by atoms with Gasteiger partial charge in [-0.25, -0.2) is 0 Å². The second-order valence-corrected chi connectivity index (χ2v) is 11.4. The van der Waals surface area contributed by atoms with E-state index >= 15 is 0 Å². The molecule has 0 saturated carbocycles. The zero-order valence-electron chi connectivity index (χ0n) is 23.2. The molecule has 0 aliphatic heterocycles. The number of aliphatic hydroxyl groups excluding tert-OH is 2. The molecule has 10 heteroatoms. The molecule has 1 amide bonds. The number of amides is 1. The van der Waals surface area contributed by atoms with Gasteiger partial charge in [0.05, 0.1) is 18.6 Å². The van der Waals surface area contributed by atoms with Gasteiger partial charge < -0.3 is 31.4 Å². The summed E-state index contributed by atoms with van der Waals surface area (Å²) >= 11 is 0. The average molecular weight is 541 g/mol. The van der Waals surface area contributed by atoms with Crippen LogP contribution in [-0.4, -0.2) is 71.4 Å². The molecule has 3 unspecified atom stereocenters. The summed E-state index contributed by atoms with van der Waals surface area (Å²) in [6.07, 6.45) is 1.32. The van der Waals surface area contributed by atoms with Crippen molar-refractivity contribution in [1.82, 2.24) is 0 Å². The van der Waals surface area contributed by atoms with E-state index in [2.05, 4.69) is 0 Å². The number of fused-ring (bicyclic) bond motifs is 1. The molecule has 218 valence electrons. The molecule has 1 aliphatic carbocycles. The van der Waals surface area contributed by atoms with Gasteiger partial charge in [-0.05, 0) is 54.7 Å². The highest BCUT2D eigenvalue weighted by molar-refractivity contribution is 6.03. The number of aliphatic hydroxyl groups is 2. The third-order valence-electron chi connectivity index (χ3n) is 7.31. The van der Waals surface area contributed by atoms with Gasteiger partial charge in [-0.15, -0.1) is 0 Å². The van der Waals surface area contributed by atoms with E-state index in [-0.39, 0.29) is 63.0 Å². The van der Waals surface area contributed by atoms with Crippen LogP contribution in [0.15, 0.2) is 6.07 Å². The maximum absolute atomic E-state index is 13.3. The van der Waals surface area contributed by atoms with Crippen LogP contribution in [0, 0.1) is 23.2 Å². The van der Waals surface area contributed by atoms with Gasteiger partial charge in [0.1, 0.15) is 17.3 Å². The molecule has 0 bridgehead atoms. The van der Waals surface area contributed by atoms with E-state index in [9.17, 15) is 34.5 Å². The van der Waals surface area contributed by atoms with Crippen molar-refractivity contribution in [2.75, 3.05) is 32.2 Å². The predicted molar refractivity (Wildman–Crippen MR) is 148 cm³/mol. The van der Waals surface area contributed by atoms with Crippen molar-refractivity contribution in [3.63, 3.8) is 0 Å². The van der Waals surface area contributed by atoms with Crippen molar-refractivity contribution in [3.8, 4) is 5.75 Å². The first kappa shape index (κ1) is 33.2. The molecular weight excluding hydrogens is 492 g/mol. The molecule has 0 aromatic heterocycles. The number of anilines is 1. The summed E-state index contributed by atoms with van der Waals surface area (Å²) in [6, 6.07) is 1.83. The fourth-order valence-corrected chi connectivity index (χ4v) is 5.26. The fourth-order valence-electron chi connectivity index (χ4n) is 5.26. The number of primary amides is 1. The van der Waals surface area contributed by atoms with Crippen LogP contribution in [0.1, 0.15) is 77.2 Å². The molecule has 1 aromatic carbocycles. The first-order valence-electron chi connectivity index (χ1n) is 12.8. The Morgan fingerprint density at radius 2 is 1.82 bits per heavy atom. The van der Waals surface area contributed by atoms with Crippen LogP contribution >= 0.6 is 0 Å². The average Bonchev–Trinajstić information content (AvgIpc) is 2.77. The Bertz CT molecular complexity index is 1040. The van der Waals surface area contributed by atoms with E-state index in [0.717, 1.165) is 5.69 Å². The number of nitrogens with zero attached hydrogens (tertiary/aromatic N) is 1. The Morgan fingerprint density at radius 1 is 1.18 bits per heavy atom. The molecule has 3 atom stereocenters. The Kier molecular flexibility index (Phi) is 12.1. The van der Waals surface area contributed by atoms with Crippen molar-refractivity contribution >= 4 is 28.9 Å². The molecule has 38 heavy (non-hydrogen) atoms. The molecule has 0 saturated heterocycles. The first-order valence-corrected chi connectivity index (χ1v) is 12.8. The number of aromatic hydroxyl groups is 1. The van der Waals surface area contributed by atoms with Crippen LogP contribution in [0.3, 0.4) is 0 Å². The molecule has 2 rings (SSSR count). The first-order chi connectivity index (χ1) is 17.2. The lowest BCUT2D eigenvalue weighted by molar-refractivity contribution is -0.131. The monoisotopic (exact) mass is 540 g/mol. The van der Waals surface area contributed by atoms with Gasteiger partial charge in [0.25, 0.3) is 0 Å². The molecule has 0 fully saturated rings. The highest BCUT2D eigenvalue weighted by Crippen LogP contribution is 2.42. The second-order valence-electron chi connectivity index (χ2n) is 11.4. The zero-order chi connectivity index (χ0) is 28.1. The highest BCUT2D eigenvalue weighted by Gasteiger charge is 2.36. The number of hydrogen-bond donors (Lipinski definition) is 4. The fraction of sp³-hybridized carbons (Fsp3) is 0.643. The van der Waals surface area contributed by atoms with Gasteiger partial charge in [-0.3, -0.25) is 19.2 Å². The van der Waals surface area contributed by atoms with E-state index in [0.29, 0.717) is 30.4 Å². The maximum Gasteiger partial charge on any atom is 0.224 e. The lowest BCUT2D eigenvalue weighted by Gasteiger charge is -2.33. The van der Waals surface area contributed by atoms with E-state index < -0.39 is 42.0 Å². The Labute approximate surface area is 227 Å². The lowest BCUT2D eigenvalue weighted by atomic mass is 9.73. The summed E-state index contributed by atoms with van der Waals surface area (Å²) < 4.78 is 0. The topological polar surface area (TPSA) is 190 Å². The summed E-state index contributed by atoms with van der Waals surface area (Å²) in [5.74, 6) is -2.96. The number of ketones is 3. The SMILES string of the molecule is CN(C)c1cc(CCC(=O)C(C)(C)C)c(O)c2c1CC(CC(CCO)C(CO)C(=O)CC(N)=O)CC2=O.O.[HH].[HH]. The number of rotatable bonds is 13. The third kappa shape index (κ3) is 8.09. The highest BCUT2D eigenvalue weighted by atomic mass is 16.3. The minimum Gasteiger partial charge on any atom is -0.507 e. The predicted octanol–water partition coefficient (Wildman–Crippen LogP) is 1.86. The summed E-state index contributed by atoms with van der Waals surface area (Å²) in [4.78, 5) is 51.4. The van der Waals surface area contributed by atoms with Crippen LogP contribution in [0.5, 0.6) is 5.75 Å². The van der Waals surface area contributed by atoms with Crippen molar-refractivity contribution < 1.29 is 42.8 Å². The number of phenolic OH excluding ortho intramolecular Hbond substituents is 1. The normalized spacial score (nSPS) is 16.7. The van der Waals surface area contributed by atoms with Gasteiger partial charge in [0, 0.05) is 53.4 Å². The van der Waals surface area contributed by atoms with Crippen LogP contribution in [0.25, 0.3) is 0 Å². The maximum atomic E-state index is 13.3. The number of Topliss-reactive ketones (excluding diaryl/α,β-unsaturated/α-hetero) is 3. The van der Waals surface area contributed by atoms with E-state index in [1.165, 1.54) is 0 Å². The third-order valence-corrected chi connectivity index (χ3v) is 7.31. The molecule has 0 heterocycles. The van der Waals surface area contributed by atoms with Crippen molar-refractivity contribution in [2.24, 2.45) is 28.9 Å². The van der Waals surface area contributed by atoms with Crippen molar-refractivity contribution in [3.05, 3.63) is 22.8 Å². The largest absolute Gasteiger partial charge is 0.507 e. The lowest BCUT2D eigenvalue weighted by Crippen LogP contribution is -2.34. The Morgan fingerprint density at radius 3 is 2.32 bits per heavy atom. The molecule has 1 aromatic rings. The number of nitrogens with two attached hydrogens (primary N) is 1. The number of phenols is 1. The minimum atomic E-state index is -0.861. The molecule has 0 spiro atoms. The number of hydrogen-bond acceptors (Lipinski definition) is 8. The molecule has 1 aliphatic rings. The molecule has 7 N–H and O–H groups in total. The minimum absolute atomic E-state index is 0. The van der Waals surface area contributed by atoms with Gasteiger partial charge >= 0.3 is 0 Å². The van der Waals surface area contributed by atoms with E-state index in [1.54, 1.807) is 0 Å². The summed E-state index contributed by atoms with van der Waals surface area (Å²) in [7, 11) is 3.70. The second kappa shape index (κ2) is 13.8. The van der Waals surface area contributed by atoms with E-state index in [1.807, 2.05) is 45.8 Å². The smallest absolute Gasteiger partial charge is 0.224 e. The number of carbonyl (C=O) groups excluding carboxylic acids is 4. The Balaban J connectivity index is 0. The molecule has 0 radical (unpaired) electrons. The van der Waals surface area contributed by atoms with Crippen LogP contribution in [0.4, 0.5) is 5.69 Å². The van der Waals surface area contributed by atoms with Gasteiger partial charge in [-0.1, -0.05) is 20.8 Å². The quantitative estimate of drug-likeness (QED) is 0.272. The van der Waals surface area contributed by atoms with E-state index in [4.69, 9.17) is 5.73 Å². The van der Waals surface area contributed by atoms with Crippen LogP contribution in [-0.2, 0) is 27.2 Å². The molecular formula is C28H48N2O8. The van der Waals surface area contributed by atoms with Crippen molar-refractivity contribution in [2.45, 2.75) is 65.7 Å². The van der Waals surface area contributed by atoms with Crippen LogP contribution < -0.4 is 10.6 Å². The molecule has 10 nitrogen and oxygen atoms in total. The number of carbonyl (C=O) groups is 4. The summed E-state index contributed by atoms with van der Waals surface area (Å²) in [5, 5.41) is 30.5. The van der Waals surface area contributed by atoms with Crippen LogP contribution in [0.2, 0.25) is 0 Å². The Hall–Kier alpha value is -2.82. The van der Waals surface area contributed by atoms with Crippen molar-refractivity contribution in [1.29, 1.82) is 0 Å². The number of benzene rings is 1. The summed E-state index contributed by atoms with van der Waals surface area (Å²) in [5.41, 5.74) is 7.00. The van der Waals surface area contributed by atoms with Gasteiger partial charge in [-0.2, -0.15) is 0 Å². The summed E-state index contributed by atoms with van der Waals surface area (Å²) in [6.45, 7) is 4.87.